The largest absolute Gasteiger partial charge is 0.486 e. The fraction of sp³-hybridized carbons (Fsp3) is 0.536. The van der Waals surface area contributed by atoms with Gasteiger partial charge in [-0.1, -0.05) is 13.0 Å². The Morgan fingerprint density at radius 3 is 2.36 bits per heavy atom. The molecular formula is C28H29F6NO4. The summed E-state index contributed by atoms with van der Waals surface area (Å²) in [5.74, 6) is 0.834. The zero-order chi connectivity index (χ0) is 28.1. The smallest absolute Gasteiger partial charge is 0.416 e. The van der Waals surface area contributed by atoms with Crippen LogP contribution in [0, 0.1) is 17.8 Å². The first-order valence-corrected chi connectivity index (χ1v) is 12.9. The molecule has 2 aliphatic heterocycles. The summed E-state index contributed by atoms with van der Waals surface area (Å²) in [6.45, 7) is 2.58. The van der Waals surface area contributed by atoms with Crippen molar-refractivity contribution in [2.24, 2.45) is 17.8 Å². The molecule has 212 valence electrons. The molecular weight excluding hydrogens is 528 g/mol. The molecule has 0 radical (unpaired) electrons. The van der Waals surface area contributed by atoms with Gasteiger partial charge in [0.05, 0.1) is 24.2 Å². The van der Waals surface area contributed by atoms with Crippen molar-refractivity contribution in [3.63, 3.8) is 0 Å². The van der Waals surface area contributed by atoms with E-state index in [0.717, 1.165) is 18.4 Å². The fourth-order valence-corrected chi connectivity index (χ4v) is 5.69. The summed E-state index contributed by atoms with van der Waals surface area (Å²) in [6, 6.07) is 7.18. The number of halogens is 6. The van der Waals surface area contributed by atoms with E-state index in [2.05, 4.69) is 0 Å². The first-order chi connectivity index (χ1) is 18.3. The minimum absolute atomic E-state index is 0.0128. The fourth-order valence-electron chi connectivity index (χ4n) is 5.69. The number of methoxy groups -OCH3 is 1. The lowest BCUT2D eigenvalue weighted by Crippen LogP contribution is -2.55. The Labute approximate surface area is 222 Å². The van der Waals surface area contributed by atoms with Crippen molar-refractivity contribution in [1.82, 2.24) is 4.90 Å². The number of benzene rings is 2. The third-order valence-electron chi connectivity index (χ3n) is 7.92. The van der Waals surface area contributed by atoms with Gasteiger partial charge in [0, 0.05) is 25.6 Å². The van der Waals surface area contributed by atoms with Crippen molar-refractivity contribution in [1.29, 1.82) is 0 Å². The minimum atomic E-state index is -4.75. The highest BCUT2D eigenvalue weighted by Crippen LogP contribution is 2.49. The normalized spacial score (nSPS) is 21.7. The summed E-state index contributed by atoms with van der Waals surface area (Å²) in [4.78, 5) is 13.9. The second-order valence-electron chi connectivity index (χ2n) is 10.7. The molecule has 3 aliphatic rings. The number of ether oxygens (including phenoxy) is 3. The zero-order valence-corrected chi connectivity index (χ0v) is 21.4. The first-order valence-electron chi connectivity index (χ1n) is 12.9. The number of carbonyl (C=O) groups excluding carboxylic acids is 1. The third-order valence-corrected chi connectivity index (χ3v) is 7.92. The van der Waals surface area contributed by atoms with E-state index in [1.807, 2.05) is 25.1 Å². The second kappa shape index (κ2) is 10.2. The van der Waals surface area contributed by atoms with Crippen molar-refractivity contribution in [3.8, 4) is 11.5 Å². The van der Waals surface area contributed by atoms with Crippen LogP contribution in [-0.4, -0.2) is 43.8 Å². The van der Waals surface area contributed by atoms with Gasteiger partial charge in [-0.05, 0) is 66.1 Å². The van der Waals surface area contributed by atoms with Crippen LogP contribution in [0.2, 0.25) is 0 Å². The average molecular weight is 558 g/mol. The third kappa shape index (κ3) is 5.83. The molecule has 3 atom stereocenters. The van der Waals surface area contributed by atoms with Crippen molar-refractivity contribution >= 4 is 5.97 Å². The molecule has 5 rings (SSSR count). The number of hydrogen-bond donors (Lipinski definition) is 0. The average Bonchev–Trinajstić information content (AvgIpc) is 3.69. The van der Waals surface area contributed by atoms with Gasteiger partial charge in [0.15, 0.2) is 11.5 Å². The molecule has 0 amide bonds. The monoisotopic (exact) mass is 557 g/mol. The van der Waals surface area contributed by atoms with E-state index in [0.29, 0.717) is 48.7 Å². The van der Waals surface area contributed by atoms with Crippen LogP contribution in [-0.2, 0) is 28.4 Å². The van der Waals surface area contributed by atoms with Crippen LogP contribution in [0.15, 0.2) is 36.4 Å². The lowest BCUT2D eigenvalue weighted by Gasteiger charge is -2.44. The summed E-state index contributed by atoms with van der Waals surface area (Å²) >= 11 is 0. The van der Waals surface area contributed by atoms with Crippen molar-refractivity contribution in [2.45, 2.75) is 50.7 Å². The summed E-state index contributed by atoms with van der Waals surface area (Å²) in [5.41, 5.74) is -1.62. The van der Waals surface area contributed by atoms with Crippen LogP contribution in [0.25, 0.3) is 0 Å². The summed E-state index contributed by atoms with van der Waals surface area (Å²) in [7, 11) is 1.37. The van der Waals surface area contributed by atoms with E-state index < -0.39 is 29.0 Å². The van der Waals surface area contributed by atoms with Gasteiger partial charge in [-0.3, -0.25) is 9.69 Å². The zero-order valence-electron chi connectivity index (χ0n) is 21.4. The van der Waals surface area contributed by atoms with E-state index in [-0.39, 0.29) is 43.0 Å². The van der Waals surface area contributed by atoms with Gasteiger partial charge in [-0.2, -0.15) is 26.3 Å². The van der Waals surface area contributed by atoms with Gasteiger partial charge in [0.1, 0.15) is 12.7 Å². The molecule has 0 N–H and O–H groups in total. The predicted molar refractivity (Wildman–Crippen MR) is 128 cm³/mol. The Bertz CT molecular complexity index is 1220. The topological polar surface area (TPSA) is 48.0 Å². The van der Waals surface area contributed by atoms with Crippen molar-refractivity contribution < 1.29 is 45.3 Å². The number of esters is 1. The predicted octanol–water partition coefficient (Wildman–Crippen LogP) is 6.30. The van der Waals surface area contributed by atoms with Crippen LogP contribution in [0.4, 0.5) is 26.3 Å². The molecule has 39 heavy (non-hydrogen) atoms. The maximum absolute atomic E-state index is 13.5. The highest BCUT2D eigenvalue weighted by atomic mass is 19.4. The summed E-state index contributed by atoms with van der Waals surface area (Å²) in [6.07, 6.45) is -7.78. The van der Waals surface area contributed by atoms with Gasteiger partial charge >= 0.3 is 18.3 Å². The Morgan fingerprint density at radius 1 is 1.03 bits per heavy atom. The van der Waals surface area contributed by atoms with Crippen LogP contribution < -0.4 is 9.47 Å². The molecule has 2 aromatic rings. The lowest BCUT2D eigenvalue weighted by molar-refractivity contribution is -0.146. The van der Waals surface area contributed by atoms with E-state index in [1.54, 1.807) is 4.90 Å². The quantitative estimate of drug-likeness (QED) is 0.296. The number of alkyl halides is 6. The summed E-state index contributed by atoms with van der Waals surface area (Å²) < 4.78 is 96.9. The van der Waals surface area contributed by atoms with Gasteiger partial charge in [-0.25, -0.2) is 0 Å². The molecule has 1 saturated carbocycles. The maximum Gasteiger partial charge on any atom is 0.416 e. The second-order valence-corrected chi connectivity index (χ2v) is 10.7. The summed E-state index contributed by atoms with van der Waals surface area (Å²) in [5, 5.41) is 0. The van der Waals surface area contributed by atoms with Gasteiger partial charge in [0.2, 0.25) is 0 Å². The van der Waals surface area contributed by atoms with Crippen LogP contribution >= 0.6 is 0 Å². The maximum atomic E-state index is 13.5. The molecule has 0 unspecified atom stereocenters. The molecule has 2 aromatic carbocycles. The van der Waals surface area contributed by atoms with E-state index in [9.17, 15) is 31.1 Å². The highest BCUT2D eigenvalue weighted by molar-refractivity contribution is 5.73. The SMILES string of the molecule is COC(=O)[C@@H](C)[C@H](c1ccc2c(c1)O[C@@H](C1CN(Cc3cc(C(F)(F)F)ccc3C(F)(F)F)C1)CO2)C1CC1. The molecule has 2 fully saturated rings. The number of rotatable bonds is 7. The first kappa shape index (κ1) is 27.6. The van der Waals surface area contributed by atoms with E-state index in [1.165, 1.54) is 7.11 Å². The number of hydrogen-bond acceptors (Lipinski definition) is 5. The lowest BCUT2D eigenvalue weighted by atomic mass is 9.83. The van der Waals surface area contributed by atoms with Crippen LogP contribution in [0.5, 0.6) is 11.5 Å². The molecule has 0 bridgehead atoms. The number of carbonyl (C=O) groups is 1. The van der Waals surface area contributed by atoms with E-state index >= 15 is 0 Å². The Morgan fingerprint density at radius 2 is 1.74 bits per heavy atom. The van der Waals surface area contributed by atoms with Crippen molar-refractivity contribution in [3.05, 3.63) is 58.7 Å². The minimum Gasteiger partial charge on any atom is -0.486 e. The van der Waals surface area contributed by atoms with Crippen LogP contribution in [0.1, 0.15) is 47.9 Å². The molecule has 0 aromatic heterocycles. The van der Waals surface area contributed by atoms with Crippen LogP contribution in [0.3, 0.4) is 0 Å². The standard InChI is InChI=1S/C28H29F6NO4/c1-15(26(36)37-2)25(16-3-4-16)17-5-8-22-23(10-17)39-24(14-38-22)19-12-35(13-19)11-18-9-20(27(29,30)31)6-7-21(18)28(32,33)34/h5-10,15-16,19,24-25H,3-4,11-14H2,1-2H3/t15-,24+,25-/m0/s1. The molecule has 0 spiro atoms. The van der Waals surface area contributed by atoms with Gasteiger partial charge < -0.3 is 14.2 Å². The number of nitrogens with zero attached hydrogens (tertiary/aromatic N) is 1. The molecule has 1 saturated heterocycles. The Balaban J connectivity index is 1.26. The molecule has 11 heteroatoms. The number of fused-ring (bicyclic) bond motifs is 1. The highest BCUT2D eigenvalue weighted by Gasteiger charge is 2.42. The van der Waals surface area contributed by atoms with Crippen molar-refractivity contribution in [2.75, 3.05) is 26.8 Å². The molecule has 5 nitrogen and oxygen atoms in total. The molecule has 2 heterocycles. The van der Waals surface area contributed by atoms with E-state index in [4.69, 9.17) is 14.2 Å². The Kier molecular flexibility index (Phi) is 7.24. The molecule has 1 aliphatic carbocycles. The number of likely N-dealkylation sites (tertiary alicyclic amines) is 1. The Hall–Kier alpha value is -2.95. The van der Waals surface area contributed by atoms with Gasteiger partial charge in [0.25, 0.3) is 0 Å². The van der Waals surface area contributed by atoms with Gasteiger partial charge in [-0.15, -0.1) is 0 Å².